The van der Waals surface area contributed by atoms with Gasteiger partial charge in [-0.3, -0.25) is 4.79 Å². The van der Waals surface area contributed by atoms with Crippen LogP contribution < -0.4 is 10.2 Å². The summed E-state index contributed by atoms with van der Waals surface area (Å²) in [5, 5.41) is 4.07. The van der Waals surface area contributed by atoms with E-state index in [1.807, 2.05) is 30.3 Å². The maximum absolute atomic E-state index is 13.1. The van der Waals surface area contributed by atoms with E-state index in [1.165, 1.54) is 36.9 Å². The lowest BCUT2D eigenvalue weighted by Gasteiger charge is -2.30. The summed E-state index contributed by atoms with van der Waals surface area (Å²) in [6.07, 6.45) is 5.03. The van der Waals surface area contributed by atoms with Crippen molar-refractivity contribution in [2.24, 2.45) is 0 Å². The minimum absolute atomic E-state index is 0.00891. The second kappa shape index (κ2) is 9.61. The van der Waals surface area contributed by atoms with Crippen LogP contribution in [0, 0.1) is 13.8 Å². The smallest absolute Gasteiger partial charge is 0.252 e. The summed E-state index contributed by atoms with van der Waals surface area (Å²) in [4.78, 5) is 19.7. The minimum Gasteiger partial charge on any atom is -0.352 e. The van der Waals surface area contributed by atoms with E-state index in [2.05, 4.69) is 44.3 Å². The van der Waals surface area contributed by atoms with Crippen molar-refractivity contribution in [1.29, 1.82) is 0 Å². The number of fused-ring (bicyclic) bond motifs is 1. The van der Waals surface area contributed by atoms with Crippen molar-refractivity contribution in [1.82, 2.24) is 10.3 Å². The molecule has 2 N–H and O–H groups in total. The molecule has 1 unspecified atom stereocenters. The fourth-order valence-corrected chi connectivity index (χ4v) is 4.65. The van der Waals surface area contributed by atoms with Crippen molar-refractivity contribution in [3.8, 4) is 11.3 Å². The van der Waals surface area contributed by atoms with Gasteiger partial charge in [-0.25, -0.2) is 4.98 Å². The number of carbonyl (C=O) groups excluding carboxylic acids is 1. The number of hydrogen-bond donors (Lipinski definition) is 2. The third-order valence-corrected chi connectivity index (χ3v) is 6.81. The van der Waals surface area contributed by atoms with Gasteiger partial charge in [-0.05, 0) is 69.4 Å². The molecule has 31 heavy (non-hydrogen) atoms. The summed E-state index contributed by atoms with van der Waals surface area (Å²) in [6.45, 7) is 9.68. The van der Waals surface area contributed by atoms with E-state index in [-0.39, 0.29) is 5.91 Å². The maximum atomic E-state index is 13.1. The zero-order valence-electron chi connectivity index (χ0n) is 19.0. The molecular formula is C27H34N3O+. The fourth-order valence-electron chi connectivity index (χ4n) is 4.65. The van der Waals surface area contributed by atoms with Gasteiger partial charge in [-0.2, -0.15) is 0 Å². The predicted octanol–water partition coefficient (Wildman–Crippen LogP) is 4.10. The number of aromatic nitrogens is 1. The third kappa shape index (κ3) is 4.96. The zero-order valence-corrected chi connectivity index (χ0v) is 19.0. The first-order valence-electron chi connectivity index (χ1n) is 11.6. The van der Waals surface area contributed by atoms with Crippen LogP contribution in [0.4, 0.5) is 0 Å². The number of pyridine rings is 1. The van der Waals surface area contributed by atoms with E-state index in [9.17, 15) is 4.79 Å². The van der Waals surface area contributed by atoms with Crippen LogP contribution in [0.1, 0.15) is 54.1 Å². The van der Waals surface area contributed by atoms with E-state index >= 15 is 0 Å². The molecule has 0 aliphatic carbocycles. The Hall–Kier alpha value is -2.72. The van der Waals surface area contributed by atoms with Gasteiger partial charge >= 0.3 is 0 Å². The first-order chi connectivity index (χ1) is 15.0. The summed E-state index contributed by atoms with van der Waals surface area (Å²) in [5.74, 6) is -0.00891. The van der Waals surface area contributed by atoms with Gasteiger partial charge in [0.15, 0.2) is 0 Å². The Morgan fingerprint density at radius 3 is 2.74 bits per heavy atom. The van der Waals surface area contributed by atoms with Crippen LogP contribution >= 0.6 is 0 Å². The summed E-state index contributed by atoms with van der Waals surface area (Å²) in [7, 11) is 0. The van der Waals surface area contributed by atoms with Gasteiger partial charge in [0.05, 0.1) is 35.9 Å². The standard InChI is InChI=1S/C27H33N3O/c1-19-12-13-22(17-20(19)2)26-18-24(23-10-4-5-11-25(23)29-26)27(31)28-14-8-16-30-15-7-6-9-21(30)3/h4-5,10-13,17-18,21H,6-9,14-16H2,1-3H3,(H,28,31)/p+1/t21-/m0/s1. The first-order valence-corrected chi connectivity index (χ1v) is 11.6. The molecule has 2 atom stereocenters. The molecule has 4 heteroatoms. The third-order valence-electron chi connectivity index (χ3n) is 6.81. The summed E-state index contributed by atoms with van der Waals surface area (Å²) in [6, 6.07) is 17.0. The average Bonchev–Trinajstić information content (AvgIpc) is 2.78. The highest BCUT2D eigenvalue weighted by Gasteiger charge is 2.21. The lowest BCUT2D eigenvalue weighted by molar-refractivity contribution is -0.928. The van der Waals surface area contributed by atoms with Gasteiger partial charge < -0.3 is 10.2 Å². The molecule has 1 aliphatic heterocycles. The Balaban J connectivity index is 1.51. The molecule has 162 valence electrons. The highest BCUT2D eigenvalue weighted by molar-refractivity contribution is 6.07. The van der Waals surface area contributed by atoms with E-state index in [0.29, 0.717) is 12.1 Å². The number of hydrogen-bond acceptors (Lipinski definition) is 2. The van der Waals surface area contributed by atoms with Gasteiger partial charge in [-0.15, -0.1) is 0 Å². The molecule has 1 aromatic heterocycles. The van der Waals surface area contributed by atoms with Crippen molar-refractivity contribution < 1.29 is 9.69 Å². The number of rotatable bonds is 6. The minimum atomic E-state index is -0.00891. The predicted molar refractivity (Wildman–Crippen MR) is 128 cm³/mol. The number of benzene rings is 2. The summed E-state index contributed by atoms with van der Waals surface area (Å²) >= 11 is 0. The van der Waals surface area contributed by atoms with Crippen molar-refractivity contribution in [3.63, 3.8) is 0 Å². The monoisotopic (exact) mass is 416 g/mol. The van der Waals surface area contributed by atoms with Crippen molar-refractivity contribution in [3.05, 3.63) is 65.2 Å². The average molecular weight is 417 g/mol. The molecule has 0 saturated carbocycles. The quantitative estimate of drug-likeness (QED) is 0.595. The second-order valence-electron chi connectivity index (χ2n) is 9.04. The van der Waals surface area contributed by atoms with Gasteiger partial charge in [-0.1, -0.05) is 30.3 Å². The van der Waals surface area contributed by atoms with Gasteiger partial charge in [0.2, 0.25) is 0 Å². The Morgan fingerprint density at radius 2 is 1.94 bits per heavy atom. The number of quaternary nitrogens is 1. The first kappa shape index (κ1) is 21.5. The van der Waals surface area contributed by atoms with Gasteiger partial charge in [0.1, 0.15) is 0 Å². The number of amides is 1. The van der Waals surface area contributed by atoms with Gasteiger partial charge in [0.25, 0.3) is 5.91 Å². The molecule has 0 bridgehead atoms. The molecule has 1 amide bonds. The van der Waals surface area contributed by atoms with Crippen molar-refractivity contribution >= 4 is 16.8 Å². The molecule has 2 heterocycles. The number of nitrogens with zero attached hydrogens (tertiary/aromatic N) is 1. The highest BCUT2D eigenvalue weighted by atomic mass is 16.1. The maximum Gasteiger partial charge on any atom is 0.252 e. The van der Waals surface area contributed by atoms with Crippen LogP contribution in [0.3, 0.4) is 0 Å². The summed E-state index contributed by atoms with van der Waals surface area (Å²) in [5.41, 5.74) is 5.94. The number of para-hydroxylation sites is 1. The van der Waals surface area contributed by atoms with Crippen molar-refractivity contribution in [2.75, 3.05) is 19.6 Å². The Labute approximate surface area is 185 Å². The largest absolute Gasteiger partial charge is 0.352 e. The van der Waals surface area contributed by atoms with Crippen LogP contribution in [0.15, 0.2) is 48.5 Å². The summed E-state index contributed by atoms with van der Waals surface area (Å²) < 4.78 is 0. The number of piperidine rings is 1. The van der Waals surface area contributed by atoms with E-state index in [1.54, 1.807) is 4.90 Å². The van der Waals surface area contributed by atoms with Crippen LogP contribution in [0.2, 0.25) is 0 Å². The topological polar surface area (TPSA) is 46.4 Å². The highest BCUT2D eigenvalue weighted by Crippen LogP contribution is 2.26. The fraction of sp³-hybridized carbons (Fsp3) is 0.407. The number of carbonyl (C=O) groups is 1. The molecule has 0 radical (unpaired) electrons. The molecule has 1 aliphatic rings. The lowest BCUT2D eigenvalue weighted by atomic mass is 10.0. The Bertz CT molecular complexity index is 1080. The second-order valence-corrected chi connectivity index (χ2v) is 9.04. The van der Waals surface area contributed by atoms with E-state index in [0.717, 1.165) is 41.2 Å². The number of nitrogens with one attached hydrogen (secondary N) is 2. The Kier molecular flexibility index (Phi) is 6.67. The lowest BCUT2D eigenvalue weighted by Crippen LogP contribution is -3.16. The Morgan fingerprint density at radius 1 is 1.10 bits per heavy atom. The molecular weight excluding hydrogens is 382 g/mol. The van der Waals surface area contributed by atoms with E-state index in [4.69, 9.17) is 4.98 Å². The van der Waals surface area contributed by atoms with Crippen molar-refractivity contribution in [2.45, 2.75) is 52.5 Å². The molecule has 0 spiro atoms. The van der Waals surface area contributed by atoms with Gasteiger partial charge in [0, 0.05) is 23.9 Å². The van der Waals surface area contributed by atoms with Crippen LogP contribution in [0.5, 0.6) is 0 Å². The molecule has 1 fully saturated rings. The molecule has 4 rings (SSSR count). The van der Waals surface area contributed by atoms with Crippen LogP contribution in [0.25, 0.3) is 22.2 Å². The molecule has 3 aromatic rings. The van der Waals surface area contributed by atoms with E-state index < -0.39 is 0 Å². The molecule has 4 nitrogen and oxygen atoms in total. The number of likely N-dealkylation sites (tertiary alicyclic amines) is 1. The normalized spacial score (nSPS) is 18.8. The SMILES string of the molecule is Cc1ccc(-c2cc(C(=O)NCCC[NH+]3CCCC[C@@H]3C)c3ccccc3n2)cc1C. The molecule has 2 aromatic carbocycles. The molecule has 1 saturated heterocycles. The number of aryl methyl sites for hydroxylation is 2. The van der Waals surface area contributed by atoms with Crippen LogP contribution in [-0.2, 0) is 0 Å². The zero-order chi connectivity index (χ0) is 21.8. The van der Waals surface area contributed by atoms with Crippen LogP contribution in [-0.4, -0.2) is 36.6 Å².